The Morgan fingerprint density at radius 1 is 1.57 bits per heavy atom. The van der Waals surface area contributed by atoms with Crippen molar-refractivity contribution in [2.75, 3.05) is 6.61 Å². The first-order valence-electron chi connectivity index (χ1n) is 4.81. The van der Waals surface area contributed by atoms with Gasteiger partial charge in [-0.1, -0.05) is 0 Å². The van der Waals surface area contributed by atoms with Crippen LogP contribution in [0.3, 0.4) is 0 Å². The molecule has 1 fully saturated rings. The fraction of sp³-hybridized carbons (Fsp3) is 0.455. The van der Waals surface area contributed by atoms with E-state index >= 15 is 0 Å². The minimum absolute atomic E-state index is 0.343. The number of carbonyl (C=O) groups is 1. The summed E-state index contributed by atoms with van der Waals surface area (Å²) < 4.78 is 5.48. The van der Waals surface area contributed by atoms with Crippen LogP contribution in [0.2, 0.25) is 0 Å². The molecule has 74 valence electrons. The maximum absolute atomic E-state index is 10.7. The van der Waals surface area contributed by atoms with Gasteiger partial charge in [0.05, 0.1) is 6.61 Å². The second kappa shape index (κ2) is 3.78. The van der Waals surface area contributed by atoms with Crippen LogP contribution in [-0.2, 0) is 4.79 Å². The molecule has 1 aliphatic rings. The highest BCUT2D eigenvalue weighted by atomic mass is 16.5. The van der Waals surface area contributed by atoms with E-state index in [-0.39, 0.29) is 0 Å². The zero-order valence-electron chi connectivity index (χ0n) is 8.19. The number of hydrogen-bond acceptors (Lipinski definition) is 3. The number of rotatable bonds is 3. The van der Waals surface area contributed by atoms with Gasteiger partial charge in [-0.2, -0.15) is 0 Å². The Labute approximate surface area is 83.1 Å². The molecule has 0 atom stereocenters. The number of pyridine rings is 1. The number of Topliss-reactive ketones (excluding diaryl/α,β-unsaturated/α-hetero) is 1. The summed E-state index contributed by atoms with van der Waals surface area (Å²) in [6.45, 7) is 2.61. The van der Waals surface area contributed by atoms with Gasteiger partial charge in [-0.3, -0.25) is 4.79 Å². The van der Waals surface area contributed by atoms with E-state index in [1.54, 1.807) is 6.20 Å². The summed E-state index contributed by atoms with van der Waals surface area (Å²) in [5, 5.41) is 0. The molecule has 0 spiro atoms. The molecule has 14 heavy (non-hydrogen) atoms. The third-order valence-corrected chi connectivity index (χ3v) is 2.39. The molecule has 3 nitrogen and oxygen atoms in total. The van der Waals surface area contributed by atoms with Crippen LogP contribution in [0, 0.1) is 12.8 Å². The van der Waals surface area contributed by atoms with E-state index in [4.69, 9.17) is 4.74 Å². The highest BCUT2D eigenvalue weighted by molar-refractivity contribution is 5.84. The van der Waals surface area contributed by atoms with Crippen LogP contribution < -0.4 is 4.74 Å². The van der Waals surface area contributed by atoms with Gasteiger partial charge in [0, 0.05) is 31.0 Å². The predicted molar refractivity (Wildman–Crippen MR) is 52.2 cm³/mol. The summed E-state index contributed by atoms with van der Waals surface area (Å²) in [6.07, 6.45) is 3.08. The standard InChI is InChI=1S/C11H13NO2/c1-8-2-3-12-11(4-8)14-7-9-5-10(13)6-9/h2-4,9H,5-7H2,1H3. The molecule has 0 N–H and O–H groups in total. The molecule has 1 heterocycles. The number of carbonyl (C=O) groups excluding carboxylic acids is 1. The number of ketones is 1. The fourth-order valence-electron chi connectivity index (χ4n) is 1.49. The largest absolute Gasteiger partial charge is 0.477 e. The molecule has 1 saturated carbocycles. The van der Waals surface area contributed by atoms with Crippen molar-refractivity contribution >= 4 is 5.78 Å². The van der Waals surface area contributed by atoms with E-state index in [9.17, 15) is 4.79 Å². The molecule has 0 aliphatic heterocycles. The Kier molecular flexibility index (Phi) is 2.48. The molecule has 0 amide bonds. The van der Waals surface area contributed by atoms with Gasteiger partial charge in [0.1, 0.15) is 5.78 Å². The van der Waals surface area contributed by atoms with Gasteiger partial charge < -0.3 is 4.74 Å². The zero-order chi connectivity index (χ0) is 9.97. The van der Waals surface area contributed by atoms with Crippen LogP contribution in [0.1, 0.15) is 18.4 Å². The van der Waals surface area contributed by atoms with Crippen molar-refractivity contribution in [2.24, 2.45) is 5.92 Å². The first-order chi connectivity index (χ1) is 6.74. The quantitative estimate of drug-likeness (QED) is 0.730. The average molecular weight is 191 g/mol. The molecule has 3 heteroatoms. The lowest BCUT2D eigenvalue weighted by Gasteiger charge is -2.23. The van der Waals surface area contributed by atoms with Crippen LogP contribution in [-0.4, -0.2) is 17.4 Å². The SMILES string of the molecule is Cc1ccnc(OCC2CC(=O)C2)c1. The van der Waals surface area contributed by atoms with Crippen molar-refractivity contribution in [3.05, 3.63) is 23.9 Å². The summed E-state index contributed by atoms with van der Waals surface area (Å²) in [5.74, 6) is 1.41. The summed E-state index contributed by atoms with van der Waals surface area (Å²) in [4.78, 5) is 14.8. The van der Waals surface area contributed by atoms with Crippen LogP contribution in [0.25, 0.3) is 0 Å². The minimum atomic E-state index is 0.343. The number of ether oxygens (including phenoxy) is 1. The Morgan fingerprint density at radius 3 is 3.00 bits per heavy atom. The molecule has 0 aromatic carbocycles. The molecule has 0 radical (unpaired) electrons. The smallest absolute Gasteiger partial charge is 0.213 e. The van der Waals surface area contributed by atoms with Gasteiger partial charge in [-0.15, -0.1) is 0 Å². The van der Waals surface area contributed by atoms with Crippen LogP contribution in [0.5, 0.6) is 5.88 Å². The predicted octanol–water partition coefficient (Wildman–Crippen LogP) is 1.75. The number of hydrogen-bond donors (Lipinski definition) is 0. The first-order valence-corrected chi connectivity index (χ1v) is 4.81. The van der Waals surface area contributed by atoms with Crippen molar-refractivity contribution in [3.8, 4) is 5.88 Å². The maximum atomic E-state index is 10.7. The van der Waals surface area contributed by atoms with E-state index in [0.29, 0.717) is 37.0 Å². The third kappa shape index (κ3) is 2.10. The number of aryl methyl sites for hydroxylation is 1. The minimum Gasteiger partial charge on any atom is -0.477 e. The van der Waals surface area contributed by atoms with Gasteiger partial charge in [0.15, 0.2) is 0 Å². The monoisotopic (exact) mass is 191 g/mol. The van der Waals surface area contributed by atoms with E-state index in [0.717, 1.165) is 5.56 Å². The fourth-order valence-corrected chi connectivity index (χ4v) is 1.49. The van der Waals surface area contributed by atoms with Gasteiger partial charge in [0.25, 0.3) is 0 Å². The second-order valence-corrected chi connectivity index (χ2v) is 3.80. The molecule has 1 aromatic heterocycles. The lowest BCUT2D eigenvalue weighted by atomic mass is 9.85. The first kappa shape index (κ1) is 9.19. The molecular formula is C11H13NO2. The molecule has 0 bridgehead atoms. The van der Waals surface area contributed by atoms with Gasteiger partial charge in [0.2, 0.25) is 5.88 Å². The van der Waals surface area contributed by atoms with Gasteiger partial charge in [-0.25, -0.2) is 4.98 Å². The van der Waals surface area contributed by atoms with Crippen LogP contribution >= 0.6 is 0 Å². The summed E-state index contributed by atoms with van der Waals surface area (Å²) in [5.41, 5.74) is 1.14. The van der Waals surface area contributed by atoms with Gasteiger partial charge >= 0.3 is 0 Å². The highest BCUT2D eigenvalue weighted by Crippen LogP contribution is 2.23. The van der Waals surface area contributed by atoms with Crippen molar-refractivity contribution in [1.82, 2.24) is 4.98 Å². The molecule has 0 saturated heterocycles. The maximum Gasteiger partial charge on any atom is 0.213 e. The lowest BCUT2D eigenvalue weighted by Crippen LogP contribution is -2.28. The normalized spacial score (nSPS) is 16.5. The van der Waals surface area contributed by atoms with E-state index in [2.05, 4.69) is 4.98 Å². The Morgan fingerprint density at radius 2 is 2.36 bits per heavy atom. The van der Waals surface area contributed by atoms with Crippen LogP contribution in [0.4, 0.5) is 0 Å². The zero-order valence-corrected chi connectivity index (χ0v) is 8.19. The molecule has 0 unspecified atom stereocenters. The molecule has 1 aromatic rings. The number of nitrogens with zero attached hydrogens (tertiary/aromatic N) is 1. The molecule has 1 aliphatic carbocycles. The number of aromatic nitrogens is 1. The summed E-state index contributed by atoms with van der Waals surface area (Å²) >= 11 is 0. The van der Waals surface area contributed by atoms with E-state index in [1.807, 2.05) is 19.1 Å². The summed E-state index contributed by atoms with van der Waals surface area (Å²) in [6, 6.07) is 3.83. The second-order valence-electron chi connectivity index (χ2n) is 3.80. The summed E-state index contributed by atoms with van der Waals surface area (Å²) in [7, 11) is 0. The third-order valence-electron chi connectivity index (χ3n) is 2.39. The molecular weight excluding hydrogens is 178 g/mol. The van der Waals surface area contributed by atoms with Crippen molar-refractivity contribution in [1.29, 1.82) is 0 Å². The lowest BCUT2D eigenvalue weighted by molar-refractivity contribution is -0.127. The highest BCUT2D eigenvalue weighted by Gasteiger charge is 2.26. The van der Waals surface area contributed by atoms with E-state index < -0.39 is 0 Å². The topological polar surface area (TPSA) is 39.2 Å². The Hall–Kier alpha value is -1.38. The average Bonchev–Trinajstić information content (AvgIpc) is 2.11. The molecule has 2 rings (SSSR count). The van der Waals surface area contributed by atoms with Crippen molar-refractivity contribution in [2.45, 2.75) is 19.8 Å². The van der Waals surface area contributed by atoms with Crippen LogP contribution in [0.15, 0.2) is 18.3 Å². The Bertz CT molecular complexity index is 341. The van der Waals surface area contributed by atoms with Crippen molar-refractivity contribution in [3.63, 3.8) is 0 Å². The van der Waals surface area contributed by atoms with Gasteiger partial charge in [-0.05, 0) is 18.6 Å². The van der Waals surface area contributed by atoms with Crippen molar-refractivity contribution < 1.29 is 9.53 Å². The Balaban J connectivity index is 1.83. The van der Waals surface area contributed by atoms with E-state index in [1.165, 1.54) is 0 Å².